The minimum atomic E-state index is 0.448. The van der Waals surface area contributed by atoms with Crippen molar-refractivity contribution in [2.45, 2.75) is 13.0 Å². The predicted molar refractivity (Wildman–Crippen MR) is 112 cm³/mol. The maximum absolute atomic E-state index is 5.90. The monoisotopic (exact) mass is 381 g/mol. The molecule has 0 saturated heterocycles. The summed E-state index contributed by atoms with van der Waals surface area (Å²) in [6.07, 6.45) is 4.60. The number of fused-ring (bicyclic) bond motifs is 1. The number of hydrogen-bond acceptors (Lipinski definition) is 5. The van der Waals surface area contributed by atoms with Crippen molar-refractivity contribution in [2.75, 3.05) is 5.73 Å². The van der Waals surface area contributed by atoms with Crippen molar-refractivity contribution in [3.8, 4) is 11.1 Å². The van der Waals surface area contributed by atoms with Crippen LogP contribution in [-0.2, 0) is 13.0 Å². The molecule has 0 fully saturated rings. The molecule has 0 aliphatic rings. The summed E-state index contributed by atoms with van der Waals surface area (Å²) in [6.45, 7) is 0.707. The van der Waals surface area contributed by atoms with Crippen LogP contribution in [0.3, 0.4) is 0 Å². The average Bonchev–Trinajstić information content (AvgIpc) is 3.38. The van der Waals surface area contributed by atoms with E-state index < -0.39 is 0 Å². The molecule has 7 nitrogen and oxygen atoms in total. The highest BCUT2D eigenvalue weighted by Crippen LogP contribution is 2.21. The number of benzene rings is 2. The lowest BCUT2D eigenvalue weighted by molar-refractivity contribution is 0.686. The first-order valence-corrected chi connectivity index (χ1v) is 9.36. The molecule has 3 heterocycles. The van der Waals surface area contributed by atoms with Gasteiger partial charge in [0.05, 0.1) is 12.7 Å². The molecule has 142 valence electrons. The van der Waals surface area contributed by atoms with Gasteiger partial charge in [-0.3, -0.25) is 4.68 Å². The Morgan fingerprint density at radius 1 is 0.931 bits per heavy atom. The predicted octanol–water partition coefficient (Wildman–Crippen LogP) is 3.44. The average molecular weight is 381 g/mol. The molecule has 0 unspecified atom stereocenters. The molecule has 29 heavy (non-hydrogen) atoms. The third-order valence-electron chi connectivity index (χ3n) is 4.86. The van der Waals surface area contributed by atoms with Crippen LogP contribution in [0.2, 0.25) is 0 Å². The number of pyridine rings is 1. The Morgan fingerprint density at radius 3 is 2.69 bits per heavy atom. The van der Waals surface area contributed by atoms with E-state index in [4.69, 9.17) is 5.73 Å². The topological polar surface area (TPSA) is 98.3 Å². The smallest absolute Gasteiger partial charge is 0.178 e. The zero-order chi connectivity index (χ0) is 19.6. The fourth-order valence-electron chi connectivity index (χ4n) is 3.53. The van der Waals surface area contributed by atoms with Crippen molar-refractivity contribution in [2.24, 2.45) is 0 Å². The van der Waals surface area contributed by atoms with E-state index >= 15 is 0 Å². The quantitative estimate of drug-likeness (QED) is 0.486. The van der Waals surface area contributed by atoms with Crippen LogP contribution < -0.4 is 5.73 Å². The molecule has 0 radical (unpaired) electrons. The fraction of sp³-hybridized carbons (Fsp3) is 0.0909. The minimum Gasteiger partial charge on any atom is -0.384 e. The lowest BCUT2D eigenvalue weighted by Gasteiger charge is -2.06. The van der Waals surface area contributed by atoms with Crippen LogP contribution in [0.25, 0.3) is 22.3 Å². The first-order valence-electron chi connectivity index (χ1n) is 9.36. The van der Waals surface area contributed by atoms with Gasteiger partial charge in [0.1, 0.15) is 11.3 Å². The Hall–Kier alpha value is -4.00. The van der Waals surface area contributed by atoms with E-state index in [1.807, 2.05) is 23.0 Å². The van der Waals surface area contributed by atoms with Crippen LogP contribution in [0, 0.1) is 0 Å². The molecule has 5 aromatic rings. The molecule has 3 N–H and O–H groups in total. The Morgan fingerprint density at radius 2 is 1.79 bits per heavy atom. The van der Waals surface area contributed by atoms with E-state index in [9.17, 15) is 0 Å². The van der Waals surface area contributed by atoms with Crippen LogP contribution >= 0.6 is 0 Å². The summed E-state index contributed by atoms with van der Waals surface area (Å²) in [5, 5.41) is 15.2. The molecule has 0 amide bonds. The summed E-state index contributed by atoms with van der Waals surface area (Å²) in [4.78, 5) is 4.21. The molecule has 7 heteroatoms. The number of anilines is 1. The van der Waals surface area contributed by atoms with Gasteiger partial charge in [-0.1, -0.05) is 53.7 Å². The molecule has 0 spiro atoms. The number of nitrogen functional groups attached to an aromatic ring is 1. The van der Waals surface area contributed by atoms with Crippen molar-refractivity contribution in [3.63, 3.8) is 0 Å². The van der Waals surface area contributed by atoms with E-state index in [0.717, 1.165) is 16.6 Å². The van der Waals surface area contributed by atoms with Crippen molar-refractivity contribution >= 4 is 17.0 Å². The first-order chi connectivity index (χ1) is 14.2. The highest BCUT2D eigenvalue weighted by atomic mass is 15.3. The van der Waals surface area contributed by atoms with Gasteiger partial charge in [0.15, 0.2) is 5.65 Å². The van der Waals surface area contributed by atoms with Gasteiger partial charge < -0.3 is 5.73 Å². The van der Waals surface area contributed by atoms with Gasteiger partial charge in [0.25, 0.3) is 0 Å². The van der Waals surface area contributed by atoms with E-state index in [1.165, 1.54) is 16.7 Å². The Labute approximate surface area is 167 Å². The number of nitrogens with zero attached hydrogens (tertiary/aromatic N) is 5. The lowest BCUT2D eigenvalue weighted by Crippen LogP contribution is -2.00. The van der Waals surface area contributed by atoms with Crippen LogP contribution in [0.4, 0.5) is 5.82 Å². The second kappa shape index (κ2) is 7.20. The van der Waals surface area contributed by atoms with E-state index in [0.29, 0.717) is 24.4 Å². The number of nitrogens with one attached hydrogen (secondary N) is 1. The van der Waals surface area contributed by atoms with E-state index in [2.05, 4.69) is 80.2 Å². The van der Waals surface area contributed by atoms with Crippen LogP contribution in [0.5, 0.6) is 0 Å². The lowest BCUT2D eigenvalue weighted by atomic mass is 10.0. The number of nitrogens with two attached hydrogens (primary N) is 1. The van der Waals surface area contributed by atoms with Gasteiger partial charge in [0, 0.05) is 12.6 Å². The summed E-state index contributed by atoms with van der Waals surface area (Å²) in [5.41, 5.74) is 12.9. The highest BCUT2D eigenvalue weighted by molar-refractivity contribution is 5.76. The van der Waals surface area contributed by atoms with Gasteiger partial charge >= 0.3 is 0 Å². The van der Waals surface area contributed by atoms with Crippen molar-refractivity contribution in [1.82, 2.24) is 30.2 Å². The Balaban J connectivity index is 1.36. The number of hydrogen-bond donors (Lipinski definition) is 2. The highest BCUT2D eigenvalue weighted by Gasteiger charge is 2.10. The molecule has 0 atom stereocenters. The largest absolute Gasteiger partial charge is 0.384 e. The molecular formula is C22H19N7. The maximum atomic E-state index is 5.90. The summed E-state index contributed by atoms with van der Waals surface area (Å²) < 4.78 is 1.95. The number of aromatic nitrogens is 6. The summed E-state index contributed by atoms with van der Waals surface area (Å²) in [5.74, 6) is 0.448. The van der Waals surface area contributed by atoms with Gasteiger partial charge in [-0.2, -0.15) is 5.10 Å². The van der Waals surface area contributed by atoms with Gasteiger partial charge in [-0.05, 0) is 39.9 Å². The second-order valence-corrected chi connectivity index (χ2v) is 7.00. The molecule has 5 rings (SSSR count). The summed E-state index contributed by atoms with van der Waals surface area (Å²) in [7, 11) is 0. The SMILES string of the molecule is Nc1cc(Cc2cnn(Cc3cccc(-c4ccccc4)c3)c2)c2nn[nH]c2n1. The molecule has 0 aliphatic carbocycles. The van der Waals surface area contributed by atoms with Gasteiger partial charge in [-0.25, -0.2) is 10.1 Å². The summed E-state index contributed by atoms with van der Waals surface area (Å²) >= 11 is 0. The van der Waals surface area contributed by atoms with Crippen LogP contribution in [0.15, 0.2) is 73.1 Å². The third kappa shape index (κ3) is 3.58. The fourth-order valence-corrected chi connectivity index (χ4v) is 3.53. The summed E-state index contributed by atoms with van der Waals surface area (Å²) in [6, 6.07) is 20.8. The van der Waals surface area contributed by atoms with Gasteiger partial charge in [-0.15, -0.1) is 5.10 Å². The number of aromatic amines is 1. The molecule has 0 bridgehead atoms. The number of H-pyrrole nitrogens is 1. The van der Waals surface area contributed by atoms with Crippen molar-refractivity contribution in [1.29, 1.82) is 0 Å². The third-order valence-corrected chi connectivity index (χ3v) is 4.86. The zero-order valence-electron chi connectivity index (χ0n) is 15.7. The van der Waals surface area contributed by atoms with Gasteiger partial charge in [0.2, 0.25) is 0 Å². The molecule has 2 aromatic carbocycles. The van der Waals surface area contributed by atoms with Crippen molar-refractivity contribution in [3.05, 3.63) is 89.7 Å². The first kappa shape index (κ1) is 17.1. The standard InChI is InChI=1S/C22H19N7/c23-20-11-19(21-22(25-20)27-28-26-21)10-16-12-24-29(14-16)13-15-5-4-8-18(9-15)17-6-2-1-3-7-17/h1-9,11-12,14H,10,13H2,(H3,23,25,26,27,28). The Bertz CT molecular complexity index is 1270. The minimum absolute atomic E-state index is 0.448. The molecule has 0 aliphatic heterocycles. The van der Waals surface area contributed by atoms with Crippen LogP contribution in [0.1, 0.15) is 16.7 Å². The van der Waals surface area contributed by atoms with E-state index in [1.54, 1.807) is 0 Å². The van der Waals surface area contributed by atoms with E-state index in [-0.39, 0.29) is 0 Å². The van der Waals surface area contributed by atoms with Crippen LogP contribution in [-0.4, -0.2) is 30.2 Å². The van der Waals surface area contributed by atoms with Crippen molar-refractivity contribution < 1.29 is 0 Å². The zero-order valence-corrected chi connectivity index (χ0v) is 15.7. The Kier molecular flexibility index (Phi) is 4.25. The normalized spacial score (nSPS) is 11.2. The molecule has 3 aromatic heterocycles. The molecule has 0 saturated carbocycles. The molecular weight excluding hydrogens is 362 g/mol. The number of rotatable bonds is 5. The maximum Gasteiger partial charge on any atom is 0.178 e. The second-order valence-electron chi connectivity index (χ2n) is 7.00.